The van der Waals surface area contributed by atoms with Crippen molar-refractivity contribution in [2.75, 3.05) is 12.0 Å². The smallest absolute Gasteiger partial charge is 0.300 e. The largest absolute Gasteiger partial charge is 0.507 e. The summed E-state index contributed by atoms with van der Waals surface area (Å²) in [6.45, 7) is 9.34. The highest BCUT2D eigenvalue weighted by Crippen LogP contribution is 2.44. The maximum Gasteiger partial charge on any atom is 0.300 e. The fourth-order valence-corrected chi connectivity index (χ4v) is 4.36. The highest BCUT2D eigenvalue weighted by molar-refractivity contribution is 6.51. The number of amides is 1. The van der Waals surface area contributed by atoms with Gasteiger partial charge < -0.3 is 14.3 Å². The predicted molar refractivity (Wildman–Crippen MR) is 127 cm³/mol. The van der Waals surface area contributed by atoms with E-state index in [0.717, 1.165) is 22.3 Å². The van der Waals surface area contributed by atoms with Crippen molar-refractivity contribution in [3.05, 3.63) is 87.4 Å². The molecule has 2 aromatic carbocycles. The Kier molecular flexibility index (Phi) is 5.62. The second-order valence-corrected chi connectivity index (χ2v) is 8.47. The standard InChI is InChI=1S/C27H27NO5/c1-14-8-7-9-20(18(14)5)28-24(21-11-10-17(4)33-21)23(26(30)27(28)31)25(29)19-12-16(3)22(32-6)13-15(19)2/h7-13,24,29H,1-6H3/b25-23-. The van der Waals surface area contributed by atoms with Crippen LogP contribution in [0.15, 0.2) is 52.5 Å². The Balaban J connectivity index is 1.99. The van der Waals surface area contributed by atoms with Crippen molar-refractivity contribution in [1.82, 2.24) is 0 Å². The van der Waals surface area contributed by atoms with Crippen molar-refractivity contribution in [2.24, 2.45) is 0 Å². The highest BCUT2D eigenvalue weighted by atomic mass is 16.5. The minimum Gasteiger partial charge on any atom is -0.507 e. The number of hydrogen-bond donors (Lipinski definition) is 1. The molecule has 2 heterocycles. The Morgan fingerprint density at radius 2 is 1.70 bits per heavy atom. The summed E-state index contributed by atoms with van der Waals surface area (Å²) in [7, 11) is 1.58. The first-order valence-electron chi connectivity index (χ1n) is 10.7. The molecule has 1 unspecified atom stereocenters. The number of aliphatic hydroxyl groups is 1. The van der Waals surface area contributed by atoms with Crippen LogP contribution in [0.4, 0.5) is 5.69 Å². The van der Waals surface area contributed by atoms with Crippen LogP contribution in [0.2, 0.25) is 0 Å². The fourth-order valence-electron chi connectivity index (χ4n) is 4.36. The monoisotopic (exact) mass is 445 g/mol. The van der Waals surface area contributed by atoms with E-state index in [2.05, 4.69) is 0 Å². The number of ketones is 1. The number of aryl methyl sites for hydroxylation is 4. The first-order valence-corrected chi connectivity index (χ1v) is 10.7. The Morgan fingerprint density at radius 1 is 0.970 bits per heavy atom. The van der Waals surface area contributed by atoms with E-state index in [1.807, 2.05) is 39.8 Å². The van der Waals surface area contributed by atoms with Crippen molar-refractivity contribution < 1.29 is 23.8 Å². The second-order valence-electron chi connectivity index (χ2n) is 8.47. The van der Waals surface area contributed by atoms with Crippen LogP contribution in [0.3, 0.4) is 0 Å². The summed E-state index contributed by atoms with van der Waals surface area (Å²) in [5.74, 6) is 0.0548. The summed E-state index contributed by atoms with van der Waals surface area (Å²) >= 11 is 0. The molecule has 0 saturated carbocycles. The van der Waals surface area contributed by atoms with Gasteiger partial charge >= 0.3 is 0 Å². The van der Waals surface area contributed by atoms with E-state index in [1.54, 1.807) is 44.4 Å². The van der Waals surface area contributed by atoms with Gasteiger partial charge in [-0.3, -0.25) is 14.5 Å². The van der Waals surface area contributed by atoms with Crippen LogP contribution in [0.5, 0.6) is 5.75 Å². The third kappa shape index (κ3) is 3.61. The van der Waals surface area contributed by atoms with E-state index >= 15 is 0 Å². The Morgan fingerprint density at radius 3 is 2.33 bits per heavy atom. The Bertz CT molecular complexity index is 1310. The molecule has 170 valence electrons. The third-order valence-corrected chi connectivity index (χ3v) is 6.31. The first kappa shape index (κ1) is 22.4. The van der Waals surface area contributed by atoms with Crippen molar-refractivity contribution in [3.8, 4) is 5.75 Å². The summed E-state index contributed by atoms with van der Waals surface area (Å²) in [6, 6.07) is 11.8. The molecule has 33 heavy (non-hydrogen) atoms. The molecule has 6 heteroatoms. The molecule has 1 amide bonds. The normalized spacial score (nSPS) is 17.6. The van der Waals surface area contributed by atoms with Gasteiger partial charge in [-0.2, -0.15) is 0 Å². The quantitative estimate of drug-likeness (QED) is 0.328. The number of furan rings is 1. The zero-order chi connectivity index (χ0) is 24.0. The number of benzene rings is 2. The number of aliphatic hydroxyl groups excluding tert-OH is 1. The van der Waals surface area contributed by atoms with Gasteiger partial charge in [0, 0.05) is 11.3 Å². The third-order valence-electron chi connectivity index (χ3n) is 6.31. The number of hydrogen-bond acceptors (Lipinski definition) is 5. The van der Waals surface area contributed by atoms with E-state index in [-0.39, 0.29) is 11.3 Å². The zero-order valence-electron chi connectivity index (χ0n) is 19.6. The molecule has 1 fully saturated rings. The number of methoxy groups -OCH3 is 1. The lowest BCUT2D eigenvalue weighted by atomic mass is 9.95. The van der Waals surface area contributed by atoms with Crippen LogP contribution in [0.1, 0.15) is 45.4 Å². The van der Waals surface area contributed by atoms with Crippen molar-refractivity contribution in [1.29, 1.82) is 0 Å². The van der Waals surface area contributed by atoms with Crippen LogP contribution in [0.25, 0.3) is 5.76 Å². The molecule has 1 aliphatic rings. The van der Waals surface area contributed by atoms with Crippen LogP contribution in [-0.4, -0.2) is 23.9 Å². The predicted octanol–water partition coefficient (Wildman–Crippen LogP) is 5.46. The van der Waals surface area contributed by atoms with Gasteiger partial charge in [-0.15, -0.1) is 0 Å². The van der Waals surface area contributed by atoms with Gasteiger partial charge in [0.1, 0.15) is 29.1 Å². The van der Waals surface area contributed by atoms with Gasteiger partial charge in [-0.25, -0.2) is 0 Å². The van der Waals surface area contributed by atoms with Gasteiger partial charge in [0.2, 0.25) is 0 Å². The minimum atomic E-state index is -0.888. The van der Waals surface area contributed by atoms with Gasteiger partial charge in [-0.1, -0.05) is 12.1 Å². The van der Waals surface area contributed by atoms with E-state index in [1.165, 1.54) is 4.90 Å². The number of anilines is 1. The van der Waals surface area contributed by atoms with E-state index in [0.29, 0.717) is 28.5 Å². The van der Waals surface area contributed by atoms with Crippen molar-refractivity contribution in [2.45, 2.75) is 40.7 Å². The average molecular weight is 446 g/mol. The molecule has 0 aliphatic carbocycles. The summed E-state index contributed by atoms with van der Waals surface area (Å²) in [5, 5.41) is 11.4. The minimum absolute atomic E-state index is 0.00271. The van der Waals surface area contributed by atoms with E-state index < -0.39 is 17.7 Å². The molecular weight excluding hydrogens is 418 g/mol. The maximum absolute atomic E-state index is 13.3. The van der Waals surface area contributed by atoms with E-state index in [4.69, 9.17) is 9.15 Å². The summed E-state index contributed by atoms with van der Waals surface area (Å²) in [5.41, 5.74) is 4.48. The van der Waals surface area contributed by atoms with Crippen molar-refractivity contribution >= 4 is 23.1 Å². The fraction of sp³-hybridized carbons (Fsp3) is 0.259. The molecule has 1 aromatic heterocycles. The van der Waals surface area contributed by atoms with Gasteiger partial charge in [-0.05, 0) is 87.2 Å². The summed E-state index contributed by atoms with van der Waals surface area (Å²) in [4.78, 5) is 28.1. The molecule has 6 nitrogen and oxygen atoms in total. The number of rotatable bonds is 4. The number of nitrogens with zero attached hydrogens (tertiary/aromatic N) is 1. The summed E-state index contributed by atoms with van der Waals surface area (Å²) in [6.07, 6.45) is 0. The molecule has 4 rings (SSSR count). The molecule has 0 spiro atoms. The molecule has 1 atom stereocenters. The van der Waals surface area contributed by atoms with Gasteiger partial charge in [0.05, 0.1) is 12.7 Å². The molecule has 0 radical (unpaired) electrons. The maximum atomic E-state index is 13.3. The molecular formula is C27H27NO5. The number of ether oxygens (including phenoxy) is 1. The van der Waals surface area contributed by atoms with E-state index in [9.17, 15) is 14.7 Å². The second kappa shape index (κ2) is 8.28. The lowest BCUT2D eigenvalue weighted by Crippen LogP contribution is -2.30. The van der Waals surface area contributed by atoms with Crippen LogP contribution >= 0.6 is 0 Å². The van der Waals surface area contributed by atoms with Crippen LogP contribution in [0, 0.1) is 34.6 Å². The number of carbonyl (C=O) groups is 2. The Labute approximate surface area is 193 Å². The molecule has 1 N–H and O–H groups in total. The summed E-state index contributed by atoms with van der Waals surface area (Å²) < 4.78 is 11.3. The van der Waals surface area contributed by atoms with Gasteiger partial charge in [0.15, 0.2) is 0 Å². The first-order chi connectivity index (χ1) is 15.6. The number of Topliss-reactive ketones (excluding diaryl/α,β-unsaturated/α-hetero) is 1. The molecule has 1 aliphatic heterocycles. The number of carbonyl (C=O) groups excluding carboxylic acids is 2. The SMILES string of the molecule is COc1cc(C)c(/C(O)=C2/C(=O)C(=O)N(c3cccc(C)c3C)C2c2ccc(C)o2)cc1C. The molecule has 3 aromatic rings. The molecule has 1 saturated heterocycles. The lowest BCUT2D eigenvalue weighted by molar-refractivity contribution is -0.132. The zero-order valence-corrected chi connectivity index (χ0v) is 19.6. The average Bonchev–Trinajstić information content (AvgIpc) is 3.32. The lowest BCUT2D eigenvalue weighted by Gasteiger charge is -2.25. The van der Waals surface area contributed by atoms with Crippen molar-refractivity contribution in [3.63, 3.8) is 0 Å². The van der Waals surface area contributed by atoms with Crippen LogP contribution < -0.4 is 9.64 Å². The topological polar surface area (TPSA) is 80.0 Å². The Hall–Kier alpha value is -3.80. The van der Waals surface area contributed by atoms with Gasteiger partial charge in [0.25, 0.3) is 11.7 Å². The molecule has 0 bridgehead atoms. The van der Waals surface area contributed by atoms with Crippen LogP contribution in [-0.2, 0) is 9.59 Å². The highest BCUT2D eigenvalue weighted by Gasteiger charge is 2.49.